The van der Waals surface area contributed by atoms with Gasteiger partial charge < -0.3 is 14.4 Å². The van der Waals surface area contributed by atoms with Crippen LogP contribution in [0.5, 0.6) is 11.5 Å². The second-order valence-electron chi connectivity index (χ2n) is 7.27. The van der Waals surface area contributed by atoms with Crippen LogP contribution in [0.3, 0.4) is 0 Å². The number of methoxy groups -OCH3 is 2. The second kappa shape index (κ2) is 7.92. The van der Waals surface area contributed by atoms with E-state index in [1.54, 1.807) is 20.4 Å². The Hall–Kier alpha value is -3.02. The molecule has 0 saturated carbocycles. The number of hydrogen-bond acceptors (Lipinski definition) is 5. The van der Waals surface area contributed by atoms with Crippen molar-refractivity contribution in [2.45, 2.75) is 24.8 Å². The summed E-state index contributed by atoms with van der Waals surface area (Å²) in [5, 5.41) is 8.22. The molecule has 1 aliphatic rings. The lowest BCUT2D eigenvalue weighted by molar-refractivity contribution is 0.272. The van der Waals surface area contributed by atoms with Crippen LogP contribution in [0.25, 0.3) is 0 Å². The van der Waals surface area contributed by atoms with E-state index in [9.17, 15) is 0 Å². The molecule has 1 fully saturated rings. The van der Waals surface area contributed by atoms with E-state index in [-0.39, 0.29) is 5.41 Å². The largest absolute Gasteiger partial charge is 0.497 e. The highest BCUT2D eigenvalue weighted by atomic mass is 16.5. The summed E-state index contributed by atoms with van der Waals surface area (Å²) in [5.74, 6) is 1.82. The van der Waals surface area contributed by atoms with Crippen LogP contribution in [0.2, 0.25) is 0 Å². The van der Waals surface area contributed by atoms with Crippen molar-refractivity contribution in [2.75, 3.05) is 32.2 Å². The van der Waals surface area contributed by atoms with Crippen LogP contribution in [-0.4, -0.2) is 42.3 Å². The standard InChI is InChI=1S/C22H26N4O2/c1-27-19-7-5-6-18(16-19)22(17-26-15-12-23-24-26)10-13-25(14-11-22)20-8-3-4-9-21(20)28-2/h3-9,12,15-16H,10-11,13-14,17H2,1-2H3. The molecule has 6 heteroatoms. The van der Waals surface area contributed by atoms with Crippen LogP contribution in [0.4, 0.5) is 5.69 Å². The van der Waals surface area contributed by atoms with Gasteiger partial charge in [-0.15, -0.1) is 5.10 Å². The molecule has 3 aromatic rings. The summed E-state index contributed by atoms with van der Waals surface area (Å²) in [5.41, 5.74) is 2.44. The fraction of sp³-hybridized carbons (Fsp3) is 0.364. The highest BCUT2D eigenvalue weighted by Gasteiger charge is 2.37. The maximum absolute atomic E-state index is 5.57. The molecule has 146 valence electrons. The van der Waals surface area contributed by atoms with E-state index in [0.29, 0.717) is 0 Å². The van der Waals surface area contributed by atoms with Gasteiger partial charge in [0.25, 0.3) is 0 Å². The molecular weight excluding hydrogens is 352 g/mol. The molecule has 1 aliphatic heterocycles. The Morgan fingerprint density at radius 1 is 1.00 bits per heavy atom. The van der Waals surface area contributed by atoms with Gasteiger partial charge in [-0.3, -0.25) is 4.68 Å². The number of piperidine rings is 1. The zero-order chi connectivity index (χ0) is 19.4. The number of benzene rings is 2. The Kier molecular flexibility index (Phi) is 5.19. The van der Waals surface area contributed by atoms with Crippen molar-refractivity contribution in [1.82, 2.24) is 15.0 Å². The number of anilines is 1. The Balaban J connectivity index is 1.63. The van der Waals surface area contributed by atoms with Gasteiger partial charge >= 0.3 is 0 Å². The van der Waals surface area contributed by atoms with Crippen molar-refractivity contribution in [3.8, 4) is 11.5 Å². The van der Waals surface area contributed by atoms with E-state index in [1.807, 2.05) is 29.1 Å². The van der Waals surface area contributed by atoms with Gasteiger partial charge in [0, 0.05) is 24.7 Å². The molecule has 0 aliphatic carbocycles. The third-order valence-electron chi connectivity index (χ3n) is 5.77. The van der Waals surface area contributed by atoms with E-state index in [4.69, 9.17) is 9.47 Å². The van der Waals surface area contributed by atoms with E-state index in [0.717, 1.165) is 49.7 Å². The van der Waals surface area contributed by atoms with E-state index >= 15 is 0 Å². The van der Waals surface area contributed by atoms with Gasteiger partial charge in [0.2, 0.25) is 0 Å². The van der Waals surface area contributed by atoms with E-state index < -0.39 is 0 Å². The average Bonchev–Trinajstić information content (AvgIpc) is 3.27. The normalized spacial score (nSPS) is 16.0. The van der Waals surface area contributed by atoms with Crippen molar-refractivity contribution in [1.29, 1.82) is 0 Å². The van der Waals surface area contributed by atoms with Crippen LogP contribution in [0, 0.1) is 0 Å². The van der Waals surface area contributed by atoms with Crippen molar-refractivity contribution >= 4 is 5.69 Å². The van der Waals surface area contributed by atoms with Crippen molar-refractivity contribution in [3.63, 3.8) is 0 Å². The summed E-state index contributed by atoms with van der Waals surface area (Å²) in [6.45, 7) is 2.71. The fourth-order valence-electron chi connectivity index (χ4n) is 4.18. The van der Waals surface area contributed by atoms with Crippen molar-refractivity contribution in [2.24, 2.45) is 0 Å². The molecule has 0 unspecified atom stereocenters. The topological polar surface area (TPSA) is 52.4 Å². The molecule has 28 heavy (non-hydrogen) atoms. The Morgan fingerprint density at radius 3 is 2.54 bits per heavy atom. The first-order valence-electron chi connectivity index (χ1n) is 9.61. The maximum Gasteiger partial charge on any atom is 0.142 e. The molecule has 0 spiro atoms. The highest BCUT2D eigenvalue weighted by Crippen LogP contribution is 2.41. The first-order valence-corrected chi connectivity index (χ1v) is 9.61. The molecule has 1 aromatic heterocycles. The zero-order valence-corrected chi connectivity index (χ0v) is 16.4. The highest BCUT2D eigenvalue weighted by molar-refractivity contribution is 5.59. The van der Waals surface area contributed by atoms with Gasteiger partial charge in [0.15, 0.2) is 0 Å². The molecule has 0 bridgehead atoms. The van der Waals surface area contributed by atoms with Gasteiger partial charge in [0.1, 0.15) is 11.5 Å². The van der Waals surface area contributed by atoms with Crippen LogP contribution in [-0.2, 0) is 12.0 Å². The number of hydrogen-bond donors (Lipinski definition) is 0. The third-order valence-corrected chi connectivity index (χ3v) is 5.77. The summed E-state index contributed by atoms with van der Waals surface area (Å²) in [7, 11) is 3.45. The maximum atomic E-state index is 5.57. The molecular formula is C22H26N4O2. The molecule has 0 N–H and O–H groups in total. The Morgan fingerprint density at radius 2 is 1.82 bits per heavy atom. The molecule has 0 radical (unpaired) electrons. The first kappa shape index (κ1) is 18.3. The number of ether oxygens (including phenoxy) is 2. The summed E-state index contributed by atoms with van der Waals surface area (Å²) < 4.78 is 13.0. The smallest absolute Gasteiger partial charge is 0.142 e. The monoisotopic (exact) mass is 378 g/mol. The molecule has 0 atom stereocenters. The average molecular weight is 378 g/mol. The van der Waals surface area contributed by atoms with Crippen molar-refractivity contribution < 1.29 is 9.47 Å². The molecule has 0 amide bonds. The minimum Gasteiger partial charge on any atom is -0.497 e. The molecule has 4 rings (SSSR count). The van der Waals surface area contributed by atoms with Gasteiger partial charge in [-0.1, -0.05) is 29.5 Å². The van der Waals surface area contributed by atoms with Gasteiger partial charge in [-0.25, -0.2) is 0 Å². The fourth-order valence-corrected chi connectivity index (χ4v) is 4.18. The Labute approximate surface area is 165 Å². The summed E-state index contributed by atoms with van der Waals surface area (Å²) >= 11 is 0. The lowest BCUT2D eigenvalue weighted by Gasteiger charge is -2.43. The summed E-state index contributed by atoms with van der Waals surface area (Å²) in [4.78, 5) is 2.42. The third kappa shape index (κ3) is 3.54. The molecule has 1 saturated heterocycles. The molecule has 6 nitrogen and oxygen atoms in total. The van der Waals surface area contributed by atoms with Crippen LogP contribution >= 0.6 is 0 Å². The number of para-hydroxylation sites is 2. The predicted molar refractivity (Wildman–Crippen MR) is 109 cm³/mol. The van der Waals surface area contributed by atoms with Gasteiger partial charge in [0.05, 0.1) is 32.6 Å². The molecule has 2 aromatic carbocycles. The Bertz CT molecular complexity index is 902. The SMILES string of the molecule is COc1cccc(C2(Cn3ccnn3)CCN(c3ccccc3OC)CC2)c1. The number of rotatable bonds is 6. The van der Waals surface area contributed by atoms with Crippen LogP contribution in [0.1, 0.15) is 18.4 Å². The van der Waals surface area contributed by atoms with Gasteiger partial charge in [-0.05, 0) is 42.7 Å². The first-order chi connectivity index (χ1) is 13.7. The predicted octanol–water partition coefficient (Wildman–Crippen LogP) is 3.53. The lowest BCUT2D eigenvalue weighted by Crippen LogP contribution is -2.45. The van der Waals surface area contributed by atoms with Crippen molar-refractivity contribution in [3.05, 3.63) is 66.5 Å². The van der Waals surface area contributed by atoms with E-state index in [2.05, 4.69) is 45.5 Å². The van der Waals surface area contributed by atoms with Gasteiger partial charge in [-0.2, -0.15) is 0 Å². The van der Waals surface area contributed by atoms with E-state index in [1.165, 1.54) is 5.56 Å². The summed E-state index contributed by atoms with van der Waals surface area (Å²) in [6, 6.07) is 16.7. The quantitative estimate of drug-likeness (QED) is 0.657. The van der Waals surface area contributed by atoms with Crippen LogP contribution in [0.15, 0.2) is 60.9 Å². The minimum atomic E-state index is -0.0131. The minimum absolute atomic E-state index is 0.0131. The number of nitrogens with zero attached hydrogens (tertiary/aromatic N) is 4. The zero-order valence-electron chi connectivity index (χ0n) is 16.4. The summed E-state index contributed by atoms with van der Waals surface area (Å²) in [6.07, 6.45) is 5.70. The van der Waals surface area contributed by atoms with Crippen LogP contribution < -0.4 is 14.4 Å². The molecule has 2 heterocycles. The lowest BCUT2D eigenvalue weighted by atomic mass is 9.72. The number of aromatic nitrogens is 3. The second-order valence-corrected chi connectivity index (χ2v) is 7.27.